The molecule has 11 heteroatoms. The zero-order chi connectivity index (χ0) is 21.9. The number of nitrogens with zero attached hydrogens (tertiary/aromatic N) is 1. The van der Waals surface area contributed by atoms with E-state index >= 15 is 0 Å². The van der Waals surface area contributed by atoms with E-state index in [2.05, 4.69) is 5.32 Å². The van der Waals surface area contributed by atoms with Crippen molar-refractivity contribution in [1.29, 1.82) is 0 Å². The van der Waals surface area contributed by atoms with Crippen molar-refractivity contribution < 1.29 is 31.1 Å². The lowest BCUT2D eigenvalue weighted by Gasteiger charge is -2.26. The number of amides is 1. The van der Waals surface area contributed by atoms with Crippen LogP contribution in [0.25, 0.3) is 0 Å². The van der Waals surface area contributed by atoms with Gasteiger partial charge < -0.3 is 10.1 Å². The fraction of sp³-hybridized carbons (Fsp3) is 0.316. The second-order valence-electron chi connectivity index (χ2n) is 6.62. The number of carbonyl (C=O) groups excluding carboxylic acids is 1. The van der Waals surface area contributed by atoms with Crippen LogP contribution in [0.4, 0.5) is 18.9 Å². The van der Waals surface area contributed by atoms with Crippen molar-refractivity contribution in [2.24, 2.45) is 0 Å². The largest absolute Gasteiger partial charge is 0.482 e. The Labute approximate surface area is 176 Å². The Kier molecular flexibility index (Phi) is 6.89. The molecule has 0 spiro atoms. The molecule has 3 rings (SSSR count). The van der Waals surface area contributed by atoms with Crippen LogP contribution in [0.3, 0.4) is 0 Å². The molecule has 0 aromatic heterocycles. The number of rotatable bonds is 6. The minimum Gasteiger partial charge on any atom is -0.482 e. The summed E-state index contributed by atoms with van der Waals surface area (Å²) >= 11 is 6.09. The molecule has 1 aliphatic heterocycles. The van der Waals surface area contributed by atoms with E-state index in [-0.39, 0.29) is 15.7 Å². The number of nitrogens with one attached hydrogen (secondary N) is 1. The second kappa shape index (κ2) is 9.23. The van der Waals surface area contributed by atoms with Gasteiger partial charge in [0.15, 0.2) is 24.1 Å². The molecular weight excluding hydrogens is 445 g/mol. The normalized spacial score (nSPS) is 15.1. The first-order valence-corrected chi connectivity index (χ1v) is 10.9. The SMILES string of the molecule is O=C(COc1ccc(S(=O)(=O)N2CCCCC2)cc1Cl)Nc1ccc(F)c(F)c1F. The molecule has 1 fully saturated rings. The molecule has 162 valence electrons. The topological polar surface area (TPSA) is 75.7 Å². The van der Waals surface area contributed by atoms with Crippen LogP contribution in [0.15, 0.2) is 35.2 Å². The molecule has 1 N–H and O–H groups in total. The van der Waals surface area contributed by atoms with E-state index in [9.17, 15) is 26.4 Å². The average molecular weight is 463 g/mol. The van der Waals surface area contributed by atoms with Gasteiger partial charge in [-0.25, -0.2) is 21.6 Å². The van der Waals surface area contributed by atoms with Crippen molar-refractivity contribution in [3.8, 4) is 5.75 Å². The molecule has 0 aliphatic carbocycles. The van der Waals surface area contributed by atoms with Gasteiger partial charge in [0.2, 0.25) is 10.0 Å². The first-order valence-electron chi connectivity index (χ1n) is 9.06. The summed E-state index contributed by atoms with van der Waals surface area (Å²) in [6.45, 7) is 0.272. The highest BCUT2D eigenvalue weighted by atomic mass is 35.5. The van der Waals surface area contributed by atoms with Gasteiger partial charge >= 0.3 is 0 Å². The molecule has 6 nitrogen and oxygen atoms in total. The van der Waals surface area contributed by atoms with Crippen molar-refractivity contribution in [3.05, 3.63) is 52.8 Å². The lowest BCUT2D eigenvalue weighted by atomic mass is 10.2. The van der Waals surface area contributed by atoms with Crippen molar-refractivity contribution in [2.45, 2.75) is 24.2 Å². The molecule has 0 atom stereocenters. The minimum absolute atomic E-state index is 0.00931. The fourth-order valence-electron chi connectivity index (χ4n) is 2.97. The lowest BCUT2D eigenvalue weighted by Crippen LogP contribution is -2.35. The second-order valence-corrected chi connectivity index (χ2v) is 8.96. The summed E-state index contributed by atoms with van der Waals surface area (Å²) in [7, 11) is -3.68. The number of halogens is 4. The summed E-state index contributed by atoms with van der Waals surface area (Å²) in [6, 6.07) is 5.41. The smallest absolute Gasteiger partial charge is 0.262 e. The molecule has 0 bridgehead atoms. The van der Waals surface area contributed by atoms with Gasteiger partial charge in [-0.2, -0.15) is 4.31 Å². The van der Waals surface area contributed by atoms with Crippen LogP contribution in [0, 0.1) is 17.5 Å². The number of anilines is 1. The predicted octanol–water partition coefficient (Wildman–Crippen LogP) is 3.95. The van der Waals surface area contributed by atoms with Crippen LogP contribution in [0.1, 0.15) is 19.3 Å². The fourth-order valence-corrected chi connectivity index (χ4v) is 4.81. The Bertz CT molecular complexity index is 1060. The van der Waals surface area contributed by atoms with Crippen molar-refractivity contribution >= 4 is 33.2 Å². The van der Waals surface area contributed by atoms with Crippen LogP contribution < -0.4 is 10.1 Å². The minimum atomic E-state index is -3.68. The molecule has 1 amide bonds. The van der Waals surface area contributed by atoms with E-state index < -0.39 is 45.7 Å². The third-order valence-electron chi connectivity index (χ3n) is 4.52. The Hall–Kier alpha value is -2.30. The predicted molar refractivity (Wildman–Crippen MR) is 105 cm³/mol. The summed E-state index contributed by atoms with van der Waals surface area (Å²) in [4.78, 5) is 11.9. The van der Waals surface area contributed by atoms with Crippen LogP contribution in [0.2, 0.25) is 5.02 Å². The van der Waals surface area contributed by atoms with Gasteiger partial charge in [0.25, 0.3) is 5.91 Å². The standard InChI is InChI=1S/C19H18ClF3N2O4S/c20-13-10-12(30(27,28)25-8-2-1-3-9-25)4-7-16(13)29-11-17(26)24-15-6-5-14(21)18(22)19(15)23/h4-7,10H,1-3,8-9,11H2,(H,24,26). The van der Waals surface area contributed by atoms with Crippen LogP contribution in [-0.4, -0.2) is 38.3 Å². The quantitative estimate of drug-likeness (QED) is 0.659. The molecule has 1 saturated heterocycles. The van der Waals surface area contributed by atoms with Gasteiger partial charge in [-0.15, -0.1) is 0 Å². The number of hydrogen-bond acceptors (Lipinski definition) is 4. The van der Waals surface area contributed by atoms with E-state index in [1.165, 1.54) is 22.5 Å². The molecule has 2 aromatic carbocycles. The Morgan fingerprint density at radius 1 is 1.07 bits per heavy atom. The van der Waals surface area contributed by atoms with Crippen molar-refractivity contribution in [2.75, 3.05) is 25.0 Å². The van der Waals surface area contributed by atoms with Crippen molar-refractivity contribution in [3.63, 3.8) is 0 Å². The van der Waals surface area contributed by atoms with Crippen LogP contribution in [0.5, 0.6) is 5.75 Å². The summed E-state index contributed by atoms with van der Waals surface area (Å²) < 4.78 is 71.7. The van der Waals surface area contributed by atoms with Crippen molar-refractivity contribution in [1.82, 2.24) is 4.31 Å². The third kappa shape index (κ3) is 4.88. The number of carbonyl (C=O) groups is 1. The van der Waals surface area contributed by atoms with Gasteiger partial charge in [-0.05, 0) is 43.2 Å². The zero-order valence-electron chi connectivity index (χ0n) is 15.6. The number of sulfonamides is 1. The summed E-state index contributed by atoms with van der Waals surface area (Å²) in [6.07, 6.45) is 2.57. The number of benzene rings is 2. The maximum atomic E-state index is 13.6. The Morgan fingerprint density at radius 3 is 2.43 bits per heavy atom. The zero-order valence-corrected chi connectivity index (χ0v) is 17.2. The van der Waals surface area contributed by atoms with Gasteiger partial charge in [-0.1, -0.05) is 18.0 Å². The van der Waals surface area contributed by atoms with Gasteiger partial charge in [-0.3, -0.25) is 4.79 Å². The van der Waals surface area contributed by atoms with E-state index in [4.69, 9.17) is 16.3 Å². The molecule has 0 unspecified atom stereocenters. The first kappa shape index (κ1) is 22.4. The molecular formula is C19H18ClF3N2O4S. The summed E-state index contributed by atoms with van der Waals surface area (Å²) in [5.74, 6) is -5.43. The third-order valence-corrected chi connectivity index (χ3v) is 6.71. The molecule has 0 radical (unpaired) electrons. The van der Waals surface area contributed by atoms with Gasteiger partial charge in [0.1, 0.15) is 5.75 Å². The van der Waals surface area contributed by atoms with Crippen LogP contribution in [-0.2, 0) is 14.8 Å². The highest BCUT2D eigenvalue weighted by Crippen LogP contribution is 2.30. The molecule has 1 heterocycles. The molecule has 30 heavy (non-hydrogen) atoms. The summed E-state index contributed by atoms with van der Waals surface area (Å²) in [5, 5.41) is 2.03. The van der Waals surface area contributed by atoms with Gasteiger partial charge in [0, 0.05) is 13.1 Å². The highest BCUT2D eigenvalue weighted by molar-refractivity contribution is 7.89. The van der Waals surface area contributed by atoms with E-state index in [1.807, 2.05) is 0 Å². The number of hydrogen-bond donors (Lipinski definition) is 1. The highest BCUT2D eigenvalue weighted by Gasteiger charge is 2.26. The average Bonchev–Trinajstić information content (AvgIpc) is 2.74. The number of piperidine rings is 1. The lowest BCUT2D eigenvalue weighted by molar-refractivity contribution is -0.118. The maximum Gasteiger partial charge on any atom is 0.262 e. The number of ether oxygens (including phenoxy) is 1. The first-order chi connectivity index (χ1) is 14.2. The van der Waals surface area contributed by atoms with E-state index in [1.54, 1.807) is 0 Å². The Balaban J connectivity index is 1.65. The Morgan fingerprint density at radius 2 is 1.77 bits per heavy atom. The van der Waals surface area contributed by atoms with E-state index in [0.717, 1.165) is 25.3 Å². The monoisotopic (exact) mass is 462 g/mol. The molecule has 0 saturated carbocycles. The van der Waals surface area contributed by atoms with Crippen LogP contribution >= 0.6 is 11.6 Å². The molecule has 2 aromatic rings. The maximum absolute atomic E-state index is 13.6. The van der Waals surface area contributed by atoms with E-state index in [0.29, 0.717) is 19.2 Å². The van der Waals surface area contributed by atoms with Gasteiger partial charge in [0.05, 0.1) is 15.6 Å². The molecule has 1 aliphatic rings. The summed E-state index contributed by atoms with van der Waals surface area (Å²) in [5.41, 5.74) is -0.545.